The smallest absolute Gasteiger partial charge is 0.307 e. The van der Waals surface area contributed by atoms with Crippen LogP contribution in [0, 0.1) is 6.92 Å². The second-order valence-electron chi connectivity index (χ2n) is 3.97. The molecule has 17 heavy (non-hydrogen) atoms. The zero-order valence-corrected chi connectivity index (χ0v) is 9.86. The van der Waals surface area contributed by atoms with Crippen molar-refractivity contribution in [1.82, 2.24) is 0 Å². The lowest BCUT2D eigenvalue weighted by Gasteiger charge is -2.13. The molecule has 0 aliphatic heterocycles. The number of ether oxygens (including phenoxy) is 1. The number of fused-ring (bicyclic) bond motifs is 1. The van der Waals surface area contributed by atoms with Crippen LogP contribution in [0.15, 0.2) is 30.3 Å². The highest BCUT2D eigenvalue weighted by Crippen LogP contribution is 2.30. The standard InChI is InChI=1S/C14H14O3/c1-9-12(8-14(15)16)11-6-4-3-5-10(11)7-13(9)17-2/h3-7H,8H2,1-2H3,(H,15,16). The van der Waals surface area contributed by atoms with Crippen LogP contribution in [0.3, 0.4) is 0 Å². The van der Waals surface area contributed by atoms with Gasteiger partial charge in [-0.1, -0.05) is 24.3 Å². The van der Waals surface area contributed by atoms with Gasteiger partial charge in [-0.2, -0.15) is 0 Å². The van der Waals surface area contributed by atoms with Crippen LogP contribution in [0.25, 0.3) is 10.8 Å². The van der Waals surface area contributed by atoms with Gasteiger partial charge in [0.1, 0.15) is 5.75 Å². The number of methoxy groups -OCH3 is 1. The minimum absolute atomic E-state index is 0.0174. The Hall–Kier alpha value is -2.03. The van der Waals surface area contributed by atoms with Gasteiger partial charge in [-0.05, 0) is 34.9 Å². The Balaban J connectivity index is 2.75. The molecule has 0 saturated heterocycles. The number of hydrogen-bond acceptors (Lipinski definition) is 2. The first kappa shape index (κ1) is 11.5. The molecule has 0 atom stereocenters. The Morgan fingerprint density at radius 2 is 2.06 bits per heavy atom. The maximum atomic E-state index is 10.9. The van der Waals surface area contributed by atoms with Gasteiger partial charge in [0.15, 0.2) is 0 Å². The van der Waals surface area contributed by atoms with Crippen LogP contribution >= 0.6 is 0 Å². The molecular formula is C14H14O3. The minimum Gasteiger partial charge on any atom is -0.496 e. The van der Waals surface area contributed by atoms with Crippen LogP contribution in [0.2, 0.25) is 0 Å². The summed E-state index contributed by atoms with van der Waals surface area (Å²) >= 11 is 0. The Kier molecular flexibility index (Phi) is 3.00. The van der Waals surface area contributed by atoms with Crippen molar-refractivity contribution >= 4 is 16.7 Å². The molecule has 0 aliphatic carbocycles. The molecule has 0 heterocycles. The largest absolute Gasteiger partial charge is 0.496 e. The van der Waals surface area contributed by atoms with E-state index in [1.807, 2.05) is 37.3 Å². The highest BCUT2D eigenvalue weighted by atomic mass is 16.5. The van der Waals surface area contributed by atoms with Crippen LogP contribution in [-0.2, 0) is 11.2 Å². The molecule has 0 aromatic heterocycles. The number of carboxylic acids is 1. The van der Waals surface area contributed by atoms with Gasteiger partial charge < -0.3 is 9.84 Å². The molecule has 3 heteroatoms. The molecule has 0 unspecified atom stereocenters. The summed E-state index contributed by atoms with van der Waals surface area (Å²) in [4.78, 5) is 10.9. The Morgan fingerprint density at radius 3 is 2.71 bits per heavy atom. The van der Waals surface area contributed by atoms with E-state index in [-0.39, 0.29) is 6.42 Å². The molecular weight excluding hydrogens is 216 g/mol. The summed E-state index contributed by atoms with van der Waals surface area (Å²) in [6, 6.07) is 9.69. The fourth-order valence-electron chi connectivity index (χ4n) is 2.09. The van der Waals surface area contributed by atoms with Gasteiger partial charge in [-0.3, -0.25) is 4.79 Å². The summed E-state index contributed by atoms with van der Waals surface area (Å²) in [5, 5.41) is 11.0. The van der Waals surface area contributed by atoms with Crippen molar-refractivity contribution in [2.75, 3.05) is 7.11 Å². The molecule has 0 bridgehead atoms. The lowest BCUT2D eigenvalue weighted by molar-refractivity contribution is -0.136. The van der Waals surface area contributed by atoms with E-state index in [2.05, 4.69) is 0 Å². The van der Waals surface area contributed by atoms with Crippen LogP contribution in [-0.4, -0.2) is 18.2 Å². The SMILES string of the molecule is COc1cc2ccccc2c(CC(=O)O)c1C. The van der Waals surface area contributed by atoms with E-state index in [0.717, 1.165) is 27.6 Å². The fourth-order valence-corrected chi connectivity index (χ4v) is 2.09. The summed E-state index contributed by atoms with van der Waals surface area (Å²) in [5.74, 6) is -0.0912. The summed E-state index contributed by atoms with van der Waals surface area (Å²) in [6.07, 6.45) is 0.0174. The summed E-state index contributed by atoms with van der Waals surface area (Å²) < 4.78 is 5.28. The third-order valence-corrected chi connectivity index (χ3v) is 2.94. The van der Waals surface area contributed by atoms with Crippen LogP contribution in [0.5, 0.6) is 5.75 Å². The number of benzene rings is 2. The topological polar surface area (TPSA) is 46.5 Å². The van der Waals surface area contributed by atoms with Crippen molar-refractivity contribution in [3.63, 3.8) is 0 Å². The molecule has 2 aromatic rings. The van der Waals surface area contributed by atoms with Crippen molar-refractivity contribution in [3.05, 3.63) is 41.5 Å². The monoisotopic (exact) mass is 230 g/mol. The number of aliphatic carboxylic acids is 1. The van der Waals surface area contributed by atoms with E-state index in [1.54, 1.807) is 7.11 Å². The van der Waals surface area contributed by atoms with E-state index in [4.69, 9.17) is 9.84 Å². The lowest BCUT2D eigenvalue weighted by Crippen LogP contribution is -2.04. The molecule has 3 nitrogen and oxygen atoms in total. The van der Waals surface area contributed by atoms with E-state index < -0.39 is 5.97 Å². The first-order chi connectivity index (χ1) is 8.13. The number of hydrogen-bond donors (Lipinski definition) is 1. The van der Waals surface area contributed by atoms with Gasteiger partial charge in [-0.15, -0.1) is 0 Å². The Bertz CT molecular complexity index is 573. The van der Waals surface area contributed by atoms with Gasteiger partial charge in [-0.25, -0.2) is 0 Å². The average molecular weight is 230 g/mol. The molecule has 0 fully saturated rings. The first-order valence-electron chi connectivity index (χ1n) is 5.40. The third kappa shape index (κ3) is 2.09. The molecule has 0 aliphatic rings. The van der Waals surface area contributed by atoms with Crippen molar-refractivity contribution in [2.45, 2.75) is 13.3 Å². The zero-order chi connectivity index (χ0) is 12.4. The van der Waals surface area contributed by atoms with Gasteiger partial charge in [0.05, 0.1) is 13.5 Å². The molecule has 0 amide bonds. The van der Waals surface area contributed by atoms with Crippen molar-refractivity contribution < 1.29 is 14.6 Å². The van der Waals surface area contributed by atoms with Gasteiger partial charge in [0.2, 0.25) is 0 Å². The second-order valence-corrected chi connectivity index (χ2v) is 3.97. The zero-order valence-electron chi connectivity index (χ0n) is 9.86. The van der Waals surface area contributed by atoms with Crippen molar-refractivity contribution in [3.8, 4) is 5.75 Å². The normalized spacial score (nSPS) is 10.5. The van der Waals surface area contributed by atoms with Gasteiger partial charge >= 0.3 is 5.97 Å². The Morgan fingerprint density at radius 1 is 1.35 bits per heavy atom. The van der Waals surface area contributed by atoms with Crippen molar-refractivity contribution in [2.24, 2.45) is 0 Å². The summed E-state index contributed by atoms with van der Waals surface area (Å²) in [6.45, 7) is 1.89. The van der Waals surface area contributed by atoms with Crippen LogP contribution in [0.4, 0.5) is 0 Å². The predicted octanol–water partition coefficient (Wildman–Crippen LogP) is 2.78. The van der Waals surface area contributed by atoms with E-state index in [1.165, 1.54) is 0 Å². The summed E-state index contributed by atoms with van der Waals surface area (Å²) in [5.41, 5.74) is 1.72. The molecule has 0 saturated carbocycles. The minimum atomic E-state index is -0.827. The van der Waals surface area contributed by atoms with Crippen molar-refractivity contribution in [1.29, 1.82) is 0 Å². The predicted molar refractivity (Wildman–Crippen MR) is 66.6 cm³/mol. The first-order valence-corrected chi connectivity index (χ1v) is 5.40. The highest BCUT2D eigenvalue weighted by molar-refractivity contribution is 5.91. The molecule has 2 aromatic carbocycles. The maximum absolute atomic E-state index is 10.9. The number of carbonyl (C=O) groups is 1. The molecule has 88 valence electrons. The number of rotatable bonds is 3. The fraction of sp³-hybridized carbons (Fsp3) is 0.214. The average Bonchev–Trinajstić information content (AvgIpc) is 2.32. The third-order valence-electron chi connectivity index (χ3n) is 2.94. The molecule has 2 rings (SSSR count). The molecule has 1 N–H and O–H groups in total. The van der Waals surface area contributed by atoms with Gasteiger partial charge in [0.25, 0.3) is 0 Å². The van der Waals surface area contributed by atoms with Crippen LogP contribution < -0.4 is 4.74 Å². The quantitative estimate of drug-likeness (QED) is 0.881. The second kappa shape index (κ2) is 4.45. The van der Waals surface area contributed by atoms with E-state index in [0.29, 0.717) is 0 Å². The van der Waals surface area contributed by atoms with E-state index in [9.17, 15) is 4.79 Å². The van der Waals surface area contributed by atoms with E-state index >= 15 is 0 Å². The molecule has 0 spiro atoms. The molecule has 0 radical (unpaired) electrons. The van der Waals surface area contributed by atoms with Crippen LogP contribution in [0.1, 0.15) is 11.1 Å². The number of carboxylic acid groups (broad SMARTS) is 1. The maximum Gasteiger partial charge on any atom is 0.307 e. The summed E-state index contributed by atoms with van der Waals surface area (Å²) in [7, 11) is 1.60. The highest BCUT2D eigenvalue weighted by Gasteiger charge is 2.12. The lowest BCUT2D eigenvalue weighted by atomic mass is 9.96. The Labute approximate surface area is 99.6 Å². The van der Waals surface area contributed by atoms with Gasteiger partial charge in [0, 0.05) is 0 Å².